The number of likely N-dealkylation sites (tertiary alicyclic amines) is 1. The van der Waals surface area contributed by atoms with Crippen LogP contribution in [0.3, 0.4) is 0 Å². The highest BCUT2D eigenvalue weighted by Gasteiger charge is 2.18. The standard InChI is InChI=1S/C16H29N/c1-3-17-12-10-16(11-13-17)9-8-15-6-4-14(2)5-7-15/h8-9,14-16H,3-7,10-13H2,1-2H3/b9-8+. The fourth-order valence-corrected chi connectivity index (χ4v) is 3.25. The maximum atomic E-state index is 2.58. The first-order chi connectivity index (χ1) is 8.28. The number of rotatable bonds is 3. The summed E-state index contributed by atoms with van der Waals surface area (Å²) in [5.41, 5.74) is 0. The Bertz CT molecular complexity index is 230. The first-order valence-corrected chi connectivity index (χ1v) is 7.68. The molecule has 0 aromatic carbocycles. The van der Waals surface area contributed by atoms with Crippen molar-refractivity contribution in [1.29, 1.82) is 0 Å². The van der Waals surface area contributed by atoms with E-state index in [1.807, 2.05) is 0 Å². The Hall–Kier alpha value is -0.300. The van der Waals surface area contributed by atoms with Gasteiger partial charge < -0.3 is 4.90 Å². The Morgan fingerprint density at radius 2 is 1.41 bits per heavy atom. The van der Waals surface area contributed by atoms with Crippen LogP contribution in [0.25, 0.3) is 0 Å². The van der Waals surface area contributed by atoms with Gasteiger partial charge in [-0.15, -0.1) is 0 Å². The van der Waals surface area contributed by atoms with Crippen molar-refractivity contribution in [3.8, 4) is 0 Å². The summed E-state index contributed by atoms with van der Waals surface area (Å²) in [7, 11) is 0. The third-order valence-electron chi connectivity index (χ3n) is 4.80. The highest BCUT2D eigenvalue weighted by atomic mass is 15.1. The van der Waals surface area contributed by atoms with Crippen molar-refractivity contribution in [1.82, 2.24) is 4.90 Å². The first-order valence-electron chi connectivity index (χ1n) is 7.68. The molecule has 1 saturated carbocycles. The van der Waals surface area contributed by atoms with Crippen molar-refractivity contribution in [2.24, 2.45) is 17.8 Å². The topological polar surface area (TPSA) is 3.24 Å². The molecule has 1 heterocycles. The van der Waals surface area contributed by atoms with Gasteiger partial charge in [0.15, 0.2) is 0 Å². The van der Waals surface area contributed by atoms with E-state index in [9.17, 15) is 0 Å². The van der Waals surface area contributed by atoms with Gasteiger partial charge >= 0.3 is 0 Å². The normalized spacial score (nSPS) is 33.3. The molecule has 0 aromatic heterocycles. The summed E-state index contributed by atoms with van der Waals surface area (Å²) < 4.78 is 0. The van der Waals surface area contributed by atoms with Gasteiger partial charge in [0.2, 0.25) is 0 Å². The molecule has 17 heavy (non-hydrogen) atoms. The van der Waals surface area contributed by atoms with E-state index >= 15 is 0 Å². The first kappa shape index (κ1) is 13.1. The van der Waals surface area contributed by atoms with Gasteiger partial charge in [-0.25, -0.2) is 0 Å². The molecule has 0 spiro atoms. The number of hydrogen-bond acceptors (Lipinski definition) is 1. The molecule has 0 amide bonds. The molecular weight excluding hydrogens is 206 g/mol. The Morgan fingerprint density at radius 1 is 0.882 bits per heavy atom. The molecule has 1 aliphatic heterocycles. The Balaban J connectivity index is 1.70. The van der Waals surface area contributed by atoms with Crippen LogP contribution in [0.2, 0.25) is 0 Å². The highest BCUT2D eigenvalue weighted by molar-refractivity contribution is 4.96. The molecule has 2 rings (SSSR count). The Kier molecular flexibility index (Phi) is 5.09. The molecule has 1 saturated heterocycles. The molecule has 0 bridgehead atoms. The summed E-state index contributed by atoms with van der Waals surface area (Å²) in [5.74, 6) is 2.75. The lowest BCUT2D eigenvalue weighted by molar-refractivity contribution is 0.212. The van der Waals surface area contributed by atoms with E-state index in [1.54, 1.807) is 0 Å². The van der Waals surface area contributed by atoms with Crippen LogP contribution in [0.1, 0.15) is 52.4 Å². The number of piperidine rings is 1. The fourth-order valence-electron chi connectivity index (χ4n) is 3.25. The van der Waals surface area contributed by atoms with Crippen LogP contribution in [0.5, 0.6) is 0 Å². The third kappa shape index (κ3) is 4.13. The van der Waals surface area contributed by atoms with E-state index in [0.717, 1.165) is 17.8 Å². The smallest absolute Gasteiger partial charge is 0.00132 e. The van der Waals surface area contributed by atoms with Gasteiger partial charge in [0.25, 0.3) is 0 Å². The van der Waals surface area contributed by atoms with Crippen LogP contribution in [-0.4, -0.2) is 24.5 Å². The monoisotopic (exact) mass is 235 g/mol. The minimum atomic E-state index is 0.872. The average Bonchev–Trinajstić information content (AvgIpc) is 2.39. The van der Waals surface area contributed by atoms with E-state index < -0.39 is 0 Å². The molecule has 98 valence electrons. The van der Waals surface area contributed by atoms with Crippen LogP contribution in [0.15, 0.2) is 12.2 Å². The number of nitrogens with zero attached hydrogens (tertiary/aromatic N) is 1. The van der Waals surface area contributed by atoms with Crippen LogP contribution in [-0.2, 0) is 0 Å². The van der Waals surface area contributed by atoms with Crippen molar-refractivity contribution >= 4 is 0 Å². The zero-order valence-corrected chi connectivity index (χ0v) is 11.7. The molecule has 0 atom stereocenters. The summed E-state index contributed by atoms with van der Waals surface area (Å²) in [6, 6.07) is 0. The second-order valence-electron chi connectivity index (χ2n) is 6.18. The SMILES string of the molecule is CCN1CCC(/C=C/C2CCC(C)CC2)CC1. The van der Waals surface area contributed by atoms with E-state index in [0.29, 0.717) is 0 Å². The molecule has 0 radical (unpaired) electrons. The summed E-state index contributed by atoms with van der Waals surface area (Å²) in [6.07, 6.45) is 13.6. The predicted molar refractivity (Wildman–Crippen MR) is 75.1 cm³/mol. The second-order valence-corrected chi connectivity index (χ2v) is 6.18. The Morgan fingerprint density at radius 3 is 1.94 bits per heavy atom. The van der Waals surface area contributed by atoms with Gasteiger partial charge in [0, 0.05) is 0 Å². The predicted octanol–water partition coefficient (Wildman–Crippen LogP) is 4.10. The van der Waals surface area contributed by atoms with Crippen molar-refractivity contribution < 1.29 is 0 Å². The van der Waals surface area contributed by atoms with E-state index in [1.165, 1.54) is 58.2 Å². The maximum absolute atomic E-state index is 2.58. The molecular formula is C16H29N. The lowest BCUT2D eigenvalue weighted by atomic mass is 9.82. The van der Waals surface area contributed by atoms with Crippen LogP contribution in [0.4, 0.5) is 0 Å². The zero-order valence-electron chi connectivity index (χ0n) is 11.7. The van der Waals surface area contributed by atoms with Gasteiger partial charge in [0.1, 0.15) is 0 Å². The molecule has 1 aliphatic carbocycles. The summed E-state index contributed by atoms with van der Waals surface area (Å²) in [5, 5.41) is 0. The molecule has 1 nitrogen and oxygen atoms in total. The van der Waals surface area contributed by atoms with Gasteiger partial charge in [0.05, 0.1) is 0 Å². The molecule has 2 aliphatic rings. The molecule has 0 N–H and O–H groups in total. The second kappa shape index (κ2) is 6.58. The highest BCUT2D eigenvalue weighted by Crippen LogP contribution is 2.30. The van der Waals surface area contributed by atoms with E-state index in [4.69, 9.17) is 0 Å². The lowest BCUT2D eigenvalue weighted by Gasteiger charge is -2.30. The molecule has 2 fully saturated rings. The number of hydrogen-bond donors (Lipinski definition) is 0. The maximum Gasteiger partial charge on any atom is -0.00132 e. The quantitative estimate of drug-likeness (QED) is 0.666. The largest absolute Gasteiger partial charge is 0.304 e. The summed E-state index contributed by atoms with van der Waals surface area (Å²) >= 11 is 0. The molecule has 0 aromatic rings. The number of allylic oxidation sites excluding steroid dienone is 2. The molecule has 1 heteroatoms. The van der Waals surface area contributed by atoms with Crippen molar-refractivity contribution in [3.63, 3.8) is 0 Å². The lowest BCUT2D eigenvalue weighted by Crippen LogP contribution is -2.32. The minimum Gasteiger partial charge on any atom is -0.304 e. The van der Waals surface area contributed by atoms with Gasteiger partial charge in [-0.2, -0.15) is 0 Å². The van der Waals surface area contributed by atoms with Crippen molar-refractivity contribution in [2.75, 3.05) is 19.6 Å². The molecule has 0 unspecified atom stereocenters. The van der Waals surface area contributed by atoms with E-state index in [2.05, 4.69) is 30.9 Å². The third-order valence-corrected chi connectivity index (χ3v) is 4.80. The summed E-state index contributed by atoms with van der Waals surface area (Å²) in [6.45, 7) is 8.54. The van der Waals surface area contributed by atoms with Gasteiger partial charge in [-0.05, 0) is 63.1 Å². The summed E-state index contributed by atoms with van der Waals surface area (Å²) in [4.78, 5) is 2.58. The van der Waals surface area contributed by atoms with Crippen molar-refractivity contribution in [3.05, 3.63) is 12.2 Å². The average molecular weight is 235 g/mol. The van der Waals surface area contributed by atoms with E-state index in [-0.39, 0.29) is 0 Å². The fraction of sp³-hybridized carbons (Fsp3) is 0.875. The van der Waals surface area contributed by atoms with Gasteiger partial charge in [-0.3, -0.25) is 0 Å². The van der Waals surface area contributed by atoms with Crippen LogP contribution < -0.4 is 0 Å². The zero-order chi connectivity index (χ0) is 12.1. The Labute approximate surface area is 107 Å². The van der Waals surface area contributed by atoms with Crippen LogP contribution in [0, 0.1) is 17.8 Å². The van der Waals surface area contributed by atoms with Gasteiger partial charge in [-0.1, -0.05) is 38.8 Å². The van der Waals surface area contributed by atoms with Crippen LogP contribution >= 0.6 is 0 Å². The minimum absolute atomic E-state index is 0.872. The van der Waals surface area contributed by atoms with Crippen molar-refractivity contribution in [2.45, 2.75) is 52.4 Å².